The second-order valence-corrected chi connectivity index (χ2v) is 5.19. The molecular formula is C16H24N2O2. The summed E-state index contributed by atoms with van der Waals surface area (Å²) in [6.45, 7) is 5.87. The third-order valence-electron chi connectivity index (χ3n) is 2.97. The van der Waals surface area contributed by atoms with Gasteiger partial charge in [-0.3, -0.25) is 9.59 Å². The second kappa shape index (κ2) is 8.35. The molecule has 1 atom stereocenters. The van der Waals surface area contributed by atoms with E-state index in [0.717, 1.165) is 18.4 Å². The number of carbonyl (C=O) groups is 2. The zero-order valence-electron chi connectivity index (χ0n) is 12.5. The van der Waals surface area contributed by atoms with E-state index < -0.39 is 0 Å². The smallest absolute Gasteiger partial charge is 0.239 e. The van der Waals surface area contributed by atoms with Gasteiger partial charge in [0.05, 0.1) is 12.5 Å². The standard InChI is InChI=1S/C16H24N2O2/c1-4-8-14(13-9-6-5-7-10-13)16(20)17-11-15(19)18-12(2)3/h5-7,9-10,12,14H,4,8,11H2,1-3H3,(H,17,20)(H,18,19)/t14-/m0/s1. The maximum absolute atomic E-state index is 12.2. The van der Waals surface area contributed by atoms with Gasteiger partial charge in [0.2, 0.25) is 11.8 Å². The maximum atomic E-state index is 12.2. The molecule has 0 unspecified atom stereocenters. The van der Waals surface area contributed by atoms with Gasteiger partial charge in [0.25, 0.3) is 0 Å². The summed E-state index contributed by atoms with van der Waals surface area (Å²) in [6.07, 6.45) is 1.70. The van der Waals surface area contributed by atoms with E-state index in [4.69, 9.17) is 0 Å². The van der Waals surface area contributed by atoms with E-state index in [1.807, 2.05) is 44.2 Å². The summed E-state index contributed by atoms with van der Waals surface area (Å²) in [5, 5.41) is 5.48. The van der Waals surface area contributed by atoms with Gasteiger partial charge in [-0.05, 0) is 25.8 Å². The molecule has 110 valence electrons. The molecule has 2 amide bonds. The van der Waals surface area contributed by atoms with Gasteiger partial charge in [-0.15, -0.1) is 0 Å². The summed E-state index contributed by atoms with van der Waals surface area (Å²) in [4.78, 5) is 23.8. The van der Waals surface area contributed by atoms with Gasteiger partial charge >= 0.3 is 0 Å². The Kier molecular flexibility index (Phi) is 6.77. The average molecular weight is 276 g/mol. The molecule has 0 aliphatic heterocycles. The van der Waals surface area contributed by atoms with Crippen LogP contribution in [0.25, 0.3) is 0 Å². The van der Waals surface area contributed by atoms with E-state index >= 15 is 0 Å². The van der Waals surface area contributed by atoms with Crippen LogP contribution in [0.1, 0.15) is 45.1 Å². The zero-order chi connectivity index (χ0) is 15.0. The van der Waals surface area contributed by atoms with E-state index in [1.165, 1.54) is 0 Å². The Morgan fingerprint density at radius 1 is 1.15 bits per heavy atom. The minimum atomic E-state index is -0.187. The van der Waals surface area contributed by atoms with E-state index in [9.17, 15) is 9.59 Å². The highest BCUT2D eigenvalue weighted by molar-refractivity contribution is 5.88. The number of amides is 2. The Bertz CT molecular complexity index is 429. The van der Waals surface area contributed by atoms with Crippen molar-refractivity contribution in [2.24, 2.45) is 0 Å². The lowest BCUT2D eigenvalue weighted by molar-refractivity contribution is -0.127. The largest absolute Gasteiger partial charge is 0.352 e. The highest BCUT2D eigenvalue weighted by Crippen LogP contribution is 2.21. The van der Waals surface area contributed by atoms with Crippen LogP contribution in [0.2, 0.25) is 0 Å². The number of hydrogen-bond donors (Lipinski definition) is 2. The van der Waals surface area contributed by atoms with Crippen molar-refractivity contribution in [2.45, 2.75) is 45.6 Å². The van der Waals surface area contributed by atoms with Crippen molar-refractivity contribution < 1.29 is 9.59 Å². The van der Waals surface area contributed by atoms with Gasteiger partial charge in [0.15, 0.2) is 0 Å². The molecular weight excluding hydrogens is 252 g/mol. The number of benzene rings is 1. The Morgan fingerprint density at radius 3 is 2.35 bits per heavy atom. The van der Waals surface area contributed by atoms with E-state index in [2.05, 4.69) is 17.6 Å². The minimum absolute atomic E-state index is 0.0318. The Morgan fingerprint density at radius 2 is 1.80 bits per heavy atom. The minimum Gasteiger partial charge on any atom is -0.352 e. The molecule has 0 spiro atoms. The lowest BCUT2D eigenvalue weighted by Gasteiger charge is -2.17. The molecule has 1 aromatic carbocycles. The highest BCUT2D eigenvalue weighted by atomic mass is 16.2. The van der Waals surface area contributed by atoms with Gasteiger partial charge in [0.1, 0.15) is 0 Å². The van der Waals surface area contributed by atoms with Gasteiger partial charge in [0, 0.05) is 6.04 Å². The second-order valence-electron chi connectivity index (χ2n) is 5.19. The highest BCUT2D eigenvalue weighted by Gasteiger charge is 2.19. The van der Waals surface area contributed by atoms with Crippen LogP contribution >= 0.6 is 0 Å². The van der Waals surface area contributed by atoms with Crippen molar-refractivity contribution in [3.05, 3.63) is 35.9 Å². The summed E-state index contributed by atoms with van der Waals surface area (Å²) in [5.74, 6) is -0.429. The number of carbonyl (C=O) groups excluding carboxylic acids is 2. The Balaban J connectivity index is 2.59. The van der Waals surface area contributed by atoms with E-state index in [-0.39, 0.29) is 30.3 Å². The van der Waals surface area contributed by atoms with Crippen LogP contribution in [0.4, 0.5) is 0 Å². The van der Waals surface area contributed by atoms with Crippen LogP contribution in [0.15, 0.2) is 30.3 Å². The molecule has 1 rings (SSSR count). The van der Waals surface area contributed by atoms with Crippen LogP contribution in [0, 0.1) is 0 Å². The molecule has 0 bridgehead atoms. The van der Waals surface area contributed by atoms with E-state index in [1.54, 1.807) is 0 Å². The van der Waals surface area contributed by atoms with Crippen molar-refractivity contribution in [2.75, 3.05) is 6.54 Å². The van der Waals surface area contributed by atoms with Crippen molar-refractivity contribution >= 4 is 11.8 Å². The van der Waals surface area contributed by atoms with Crippen molar-refractivity contribution in [1.82, 2.24) is 10.6 Å². The van der Waals surface area contributed by atoms with Crippen molar-refractivity contribution in [3.8, 4) is 0 Å². The summed E-state index contributed by atoms with van der Waals surface area (Å²) in [6, 6.07) is 9.77. The van der Waals surface area contributed by atoms with Crippen LogP contribution in [0.3, 0.4) is 0 Å². The lowest BCUT2D eigenvalue weighted by atomic mass is 9.94. The first kappa shape index (κ1) is 16.2. The molecule has 0 saturated carbocycles. The molecule has 0 aliphatic rings. The molecule has 0 radical (unpaired) electrons. The predicted molar refractivity (Wildman–Crippen MR) is 80.4 cm³/mol. The van der Waals surface area contributed by atoms with Crippen LogP contribution < -0.4 is 10.6 Å². The fourth-order valence-electron chi connectivity index (χ4n) is 2.09. The quantitative estimate of drug-likeness (QED) is 0.802. The number of nitrogens with one attached hydrogen (secondary N) is 2. The fraction of sp³-hybridized carbons (Fsp3) is 0.500. The van der Waals surface area contributed by atoms with Gasteiger partial charge < -0.3 is 10.6 Å². The first-order valence-corrected chi connectivity index (χ1v) is 7.16. The molecule has 0 heterocycles. The first-order chi connectivity index (χ1) is 9.54. The summed E-state index contributed by atoms with van der Waals surface area (Å²) >= 11 is 0. The van der Waals surface area contributed by atoms with E-state index in [0.29, 0.717) is 0 Å². The lowest BCUT2D eigenvalue weighted by Crippen LogP contribution is -2.41. The fourth-order valence-corrected chi connectivity index (χ4v) is 2.09. The Hall–Kier alpha value is -1.84. The summed E-state index contributed by atoms with van der Waals surface area (Å²) in [5.41, 5.74) is 0.996. The molecule has 4 nitrogen and oxygen atoms in total. The number of rotatable bonds is 7. The summed E-state index contributed by atoms with van der Waals surface area (Å²) in [7, 11) is 0. The third-order valence-corrected chi connectivity index (χ3v) is 2.97. The van der Waals surface area contributed by atoms with Gasteiger partial charge in [-0.1, -0.05) is 43.7 Å². The monoisotopic (exact) mass is 276 g/mol. The third kappa shape index (κ3) is 5.43. The van der Waals surface area contributed by atoms with Crippen LogP contribution in [-0.2, 0) is 9.59 Å². The predicted octanol–water partition coefficient (Wildman–Crippen LogP) is 2.21. The maximum Gasteiger partial charge on any atom is 0.239 e. The van der Waals surface area contributed by atoms with Crippen molar-refractivity contribution in [3.63, 3.8) is 0 Å². The number of hydrogen-bond acceptors (Lipinski definition) is 2. The van der Waals surface area contributed by atoms with Crippen LogP contribution in [-0.4, -0.2) is 24.4 Å². The molecule has 4 heteroatoms. The van der Waals surface area contributed by atoms with Crippen molar-refractivity contribution in [1.29, 1.82) is 0 Å². The normalized spacial score (nSPS) is 12.0. The molecule has 20 heavy (non-hydrogen) atoms. The first-order valence-electron chi connectivity index (χ1n) is 7.16. The van der Waals surface area contributed by atoms with Gasteiger partial charge in [-0.25, -0.2) is 0 Å². The topological polar surface area (TPSA) is 58.2 Å². The molecule has 0 aliphatic carbocycles. The molecule has 1 aromatic rings. The summed E-state index contributed by atoms with van der Waals surface area (Å²) < 4.78 is 0. The molecule has 2 N–H and O–H groups in total. The zero-order valence-corrected chi connectivity index (χ0v) is 12.5. The Labute approximate surface area is 121 Å². The molecule has 0 aromatic heterocycles. The SMILES string of the molecule is CCC[C@H](C(=O)NCC(=O)NC(C)C)c1ccccc1. The molecule has 0 fully saturated rings. The van der Waals surface area contributed by atoms with Gasteiger partial charge in [-0.2, -0.15) is 0 Å². The molecule has 0 saturated heterocycles. The van der Waals surface area contributed by atoms with Crippen LogP contribution in [0.5, 0.6) is 0 Å². The average Bonchev–Trinajstić information content (AvgIpc) is 2.42.